The van der Waals surface area contributed by atoms with Gasteiger partial charge in [0.1, 0.15) is 11.3 Å². The number of sulfone groups is 1. The fraction of sp³-hybridized carbons (Fsp3) is 0.467. The Kier molecular flexibility index (Phi) is 14.8. The second kappa shape index (κ2) is 13.5. The number of nitrogens with zero attached hydrogens (tertiary/aromatic N) is 2. The van der Waals surface area contributed by atoms with Gasteiger partial charge in [-0.3, -0.25) is 23.7 Å². The minimum atomic E-state index is -4.79. The first kappa shape index (κ1) is 32.9. The second-order valence-corrected chi connectivity index (χ2v) is 8.45. The molecular formula is C15H26CuN3O9S2. The van der Waals surface area contributed by atoms with Crippen LogP contribution in [0.15, 0.2) is 9.79 Å². The Morgan fingerprint density at radius 3 is 2.13 bits per heavy atom. The van der Waals surface area contributed by atoms with E-state index in [2.05, 4.69) is 15.9 Å². The largest absolute Gasteiger partial charge is 1.00 e. The van der Waals surface area contributed by atoms with Crippen molar-refractivity contribution in [3.8, 4) is 5.88 Å². The minimum absolute atomic E-state index is 0. The quantitative estimate of drug-likeness (QED) is 0.174. The van der Waals surface area contributed by atoms with Gasteiger partial charge in [-0.2, -0.15) is 8.42 Å². The molecule has 0 aliphatic carbocycles. The summed E-state index contributed by atoms with van der Waals surface area (Å²) in [6.07, 6.45) is 0. The van der Waals surface area contributed by atoms with E-state index in [9.17, 15) is 31.5 Å². The number of hydrogen-bond acceptors (Lipinski definition) is 9. The van der Waals surface area contributed by atoms with Gasteiger partial charge >= 0.3 is 27.5 Å². The fourth-order valence-corrected chi connectivity index (χ4v) is 3.49. The molecule has 0 atom stereocenters. The zero-order valence-corrected chi connectivity index (χ0v) is 19.5. The Balaban J connectivity index is -0.00000176. The molecule has 1 heterocycles. The van der Waals surface area contributed by atoms with Gasteiger partial charge in [-0.1, -0.05) is 13.8 Å². The van der Waals surface area contributed by atoms with E-state index in [1.807, 2.05) is 13.8 Å². The Hall–Kier alpha value is -1.77. The van der Waals surface area contributed by atoms with Crippen LogP contribution in [0.25, 0.3) is 0 Å². The van der Waals surface area contributed by atoms with E-state index in [0.29, 0.717) is 4.57 Å². The van der Waals surface area contributed by atoms with E-state index in [4.69, 9.17) is 10.3 Å². The van der Waals surface area contributed by atoms with Crippen molar-refractivity contribution in [1.82, 2.24) is 4.57 Å². The molecule has 1 aromatic heterocycles. The number of amides is 1. The van der Waals surface area contributed by atoms with E-state index in [1.165, 1.54) is 6.92 Å². The molecule has 0 saturated heterocycles. The third-order valence-electron chi connectivity index (χ3n) is 3.31. The molecule has 0 unspecified atom stereocenters. The van der Waals surface area contributed by atoms with Crippen LogP contribution in [0.3, 0.4) is 0 Å². The number of primary amides is 1. The molecule has 1 amide bonds. The van der Waals surface area contributed by atoms with Crippen LogP contribution in [0, 0.1) is 14.4 Å². The predicted octanol–water partition coefficient (Wildman–Crippen LogP) is 0.00151. The Labute approximate surface area is 186 Å². The van der Waals surface area contributed by atoms with Crippen molar-refractivity contribution in [2.45, 2.75) is 27.3 Å². The minimum Gasteiger partial charge on any atom is -0.494 e. The maximum atomic E-state index is 12.3. The van der Waals surface area contributed by atoms with Crippen LogP contribution < -0.4 is 11.3 Å². The number of aromatic nitrogens is 1. The maximum absolute atomic E-state index is 12.3. The number of carbonyl (C=O) groups excluding carboxylic acids is 1. The van der Waals surface area contributed by atoms with Gasteiger partial charge in [-0.15, -0.1) is 0 Å². The molecule has 0 aliphatic rings. The molecule has 4 N–H and O–H groups in total. The molecule has 0 aromatic carbocycles. The first-order valence-corrected chi connectivity index (χ1v) is 11.0. The van der Waals surface area contributed by atoms with Crippen LogP contribution in [0.2, 0.25) is 0 Å². The van der Waals surface area contributed by atoms with Crippen LogP contribution in [0.4, 0.5) is 5.69 Å². The van der Waals surface area contributed by atoms with E-state index < -0.39 is 67.8 Å². The van der Waals surface area contributed by atoms with Gasteiger partial charge in [0.05, 0.1) is 18.1 Å². The molecular weight excluding hydrogens is 494 g/mol. The molecule has 0 radical (unpaired) electrons. The molecule has 12 nitrogen and oxygen atoms in total. The van der Waals surface area contributed by atoms with E-state index in [-0.39, 0.29) is 35.7 Å². The fourth-order valence-electron chi connectivity index (χ4n) is 2.09. The van der Waals surface area contributed by atoms with Crippen LogP contribution in [0.1, 0.15) is 29.8 Å². The van der Waals surface area contributed by atoms with Crippen LogP contribution >= 0.6 is 0 Å². The van der Waals surface area contributed by atoms with E-state index in [1.54, 1.807) is 0 Å². The van der Waals surface area contributed by atoms with E-state index in [0.717, 1.165) is 0 Å². The van der Waals surface area contributed by atoms with Crippen molar-refractivity contribution in [2.75, 3.05) is 18.1 Å². The van der Waals surface area contributed by atoms with Gasteiger partial charge in [0.25, 0.3) is 11.5 Å². The predicted molar refractivity (Wildman–Crippen MR) is 109 cm³/mol. The Morgan fingerprint density at radius 1 is 1.23 bits per heavy atom. The standard InChI is InChI=1S/C12H17N3O9S2.C2H6.CH3.Cu/c1-7-8(10(13)16)11(17)15(12(18)9(7)14-2)3-5-25(19,20)6-4-24-26(21,22)23;1-2;;/h17H,2-6H2,1H3,(H2,13,16)(H,21,22,23);1-2H3;1H3;/q;;-1;+1. The molecule has 0 spiro atoms. The summed E-state index contributed by atoms with van der Waals surface area (Å²) in [5, 5.41) is 10.1. The van der Waals surface area contributed by atoms with Gasteiger partial charge in [-0.05, 0) is 19.2 Å². The normalized spacial score (nSPS) is 10.7. The number of pyridine rings is 1. The summed E-state index contributed by atoms with van der Waals surface area (Å²) in [6.45, 7) is 7.10. The average molecular weight is 520 g/mol. The van der Waals surface area contributed by atoms with Crippen molar-refractivity contribution in [3.63, 3.8) is 0 Å². The average Bonchev–Trinajstić information content (AvgIpc) is 2.55. The number of aromatic hydroxyl groups is 1. The first-order valence-electron chi connectivity index (χ1n) is 7.86. The third-order valence-corrected chi connectivity index (χ3v) is 5.37. The summed E-state index contributed by atoms with van der Waals surface area (Å²) < 4.78 is 57.4. The monoisotopic (exact) mass is 519 g/mol. The summed E-state index contributed by atoms with van der Waals surface area (Å²) in [5.74, 6) is -3.35. The van der Waals surface area contributed by atoms with Crippen molar-refractivity contribution in [3.05, 3.63) is 28.9 Å². The summed E-state index contributed by atoms with van der Waals surface area (Å²) in [6, 6.07) is 0. The maximum Gasteiger partial charge on any atom is 1.00 e. The molecule has 178 valence electrons. The summed E-state index contributed by atoms with van der Waals surface area (Å²) in [4.78, 5) is 27.2. The zero-order valence-electron chi connectivity index (χ0n) is 16.9. The van der Waals surface area contributed by atoms with Gasteiger partial charge in [0.2, 0.25) is 5.88 Å². The summed E-state index contributed by atoms with van der Waals surface area (Å²) in [5.41, 5.74) is 3.59. The third kappa shape index (κ3) is 9.36. The molecule has 0 saturated carbocycles. The topological polar surface area (TPSA) is 195 Å². The van der Waals surface area contributed by atoms with Crippen LogP contribution in [0.5, 0.6) is 5.88 Å². The Morgan fingerprint density at radius 2 is 1.73 bits per heavy atom. The molecule has 1 rings (SSSR count). The number of aliphatic imine (C=N–C) groups is 1. The van der Waals surface area contributed by atoms with Crippen molar-refractivity contribution in [1.29, 1.82) is 0 Å². The molecule has 15 heteroatoms. The second-order valence-electron chi connectivity index (χ2n) is 5.05. The number of carbonyl (C=O) groups is 1. The summed E-state index contributed by atoms with van der Waals surface area (Å²) >= 11 is 0. The van der Waals surface area contributed by atoms with Crippen LogP contribution in [-0.2, 0) is 48.0 Å². The van der Waals surface area contributed by atoms with Crippen molar-refractivity contribution < 1.29 is 52.5 Å². The summed E-state index contributed by atoms with van der Waals surface area (Å²) in [7, 11) is -8.72. The molecule has 0 aliphatic heterocycles. The van der Waals surface area contributed by atoms with Gasteiger partial charge < -0.3 is 18.3 Å². The van der Waals surface area contributed by atoms with Gasteiger partial charge in [-0.25, -0.2) is 12.6 Å². The van der Waals surface area contributed by atoms with E-state index >= 15 is 0 Å². The molecule has 0 bridgehead atoms. The van der Waals surface area contributed by atoms with Gasteiger partial charge in [0.15, 0.2) is 9.84 Å². The zero-order chi connectivity index (χ0) is 22.3. The number of hydrogen-bond donors (Lipinski definition) is 3. The Bertz CT molecular complexity index is 1000. The molecule has 30 heavy (non-hydrogen) atoms. The van der Waals surface area contributed by atoms with Crippen molar-refractivity contribution >= 4 is 38.5 Å². The van der Waals surface area contributed by atoms with Crippen LogP contribution in [-0.4, -0.2) is 61.8 Å². The van der Waals surface area contributed by atoms with Gasteiger partial charge in [0, 0.05) is 6.54 Å². The number of nitrogens with two attached hydrogens (primary N) is 1. The number of rotatable bonds is 9. The SMILES string of the molecule is C=Nc1c(C)c(C(N)=O)c(O)n(CCS(=O)(=O)CCOS(=O)(=O)O)c1=O.CC.[CH3-].[Cu+]. The smallest absolute Gasteiger partial charge is 0.494 e. The molecule has 1 aromatic rings. The first-order chi connectivity index (χ1) is 12.8. The molecule has 0 fully saturated rings. The van der Waals surface area contributed by atoms with Crippen molar-refractivity contribution in [2.24, 2.45) is 10.7 Å².